The van der Waals surface area contributed by atoms with Crippen LogP contribution in [0.15, 0.2) is 52.9 Å². The number of furan rings is 1. The Morgan fingerprint density at radius 1 is 1.11 bits per heavy atom. The van der Waals surface area contributed by atoms with E-state index in [1.165, 1.54) is 0 Å². The second kappa shape index (κ2) is 7.03. The smallest absolute Gasteiger partial charge is 0.374 e. The molecule has 0 saturated carbocycles. The first kappa shape index (κ1) is 17.0. The molecule has 1 aromatic heterocycles. The van der Waals surface area contributed by atoms with E-state index in [1.807, 2.05) is 37.3 Å². The molecule has 1 amide bonds. The number of hydrogen-bond acceptors (Lipinski definition) is 6. The number of ether oxygens (including phenoxy) is 3. The zero-order chi connectivity index (χ0) is 18.8. The van der Waals surface area contributed by atoms with Crippen molar-refractivity contribution in [2.24, 2.45) is 0 Å². The Labute approximate surface area is 154 Å². The van der Waals surface area contributed by atoms with Gasteiger partial charge in [-0.1, -0.05) is 24.3 Å². The van der Waals surface area contributed by atoms with E-state index in [0.717, 1.165) is 10.9 Å². The van der Waals surface area contributed by atoms with E-state index < -0.39 is 18.5 Å². The van der Waals surface area contributed by atoms with Crippen LogP contribution in [0.3, 0.4) is 0 Å². The third-order valence-electron chi connectivity index (χ3n) is 4.24. The molecule has 7 heteroatoms. The first-order valence-corrected chi connectivity index (χ1v) is 8.45. The average molecular weight is 367 g/mol. The summed E-state index contributed by atoms with van der Waals surface area (Å²) < 4.78 is 21.1. The van der Waals surface area contributed by atoms with Gasteiger partial charge < -0.3 is 23.9 Å². The summed E-state index contributed by atoms with van der Waals surface area (Å²) in [5.74, 6) is 0.288. The molecule has 138 valence electrons. The molecule has 1 aliphatic heterocycles. The van der Waals surface area contributed by atoms with Crippen LogP contribution in [-0.2, 0) is 9.53 Å². The van der Waals surface area contributed by atoms with Gasteiger partial charge in [-0.05, 0) is 36.8 Å². The number of carbonyl (C=O) groups excluding carboxylic acids is 2. The lowest BCUT2D eigenvalue weighted by molar-refractivity contribution is -0.124. The van der Waals surface area contributed by atoms with Gasteiger partial charge in [-0.3, -0.25) is 4.79 Å². The molecule has 0 aliphatic carbocycles. The van der Waals surface area contributed by atoms with Gasteiger partial charge in [0.15, 0.2) is 18.1 Å². The molecule has 27 heavy (non-hydrogen) atoms. The fourth-order valence-electron chi connectivity index (χ4n) is 2.83. The molecule has 0 bridgehead atoms. The number of amides is 1. The van der Waals surface area contributed by atoms with E-state index in [1.54, 1.807) is 18.2 Å². The van der Waals surface area contributed by atoms with Gasteiger partial charge in [0.25, 0.3) is 5.91 Å². The normalized spacial score (nSPS) is 13.4. The topological polar surface area (TPSA) is 87.0 Å². The van der Waals surface area contributed by atoms with Crippen molar-refractivity contribution in [3.05, 3.63) is 59.9 Å². The van der Waals surface area contributed by atoms with Gasteiger partial charge in [-0.25, -0.2) is 4.79 Å². The first-order valence-electron chi connectivity index (χ1n) is 8.45. The van der Waals surface area contributed by atoms with Crippen LogP contribution in [0, 0.1) is 0 Å². The number of benzene rings is 2. The molecule has 1 unspecified atom stereocenters. The zero-order valence-electron chi connectivity index (χ0n) is 14.6. The first-order chi connectivity index (χ1) is 13.1. The van der Waals surface area contributed by atoms with Gasteiger partial charge in [0.05, 0.1) is 6.04 Å². The third-order valence-corrected chi connectivity index (χ3v) is 4.24. The molecule has 1 N–H and O–H groups in total. The standard InChI is InChI=1S/C20H17NO6/c1-12(13-6-7-16-17(8-13)26-11-25-16)21-19(22)10-24-20(23)18-9-14-4-2-3-5-15(14)27-18/h2-9,12H,10-11H2,1H3,(H,21,22). The monoisotopic (exact) mass is 367 g/mol. The van der Waals surface area contributed by atoms with Crippen molar-refractivity contribution in [1.29, 1.82) is 0 Å². The van der Waals surface area contributed by atoms with Crippen LogP contribution in [0.2, 0.25) is 0 Å². The Hall–Kier alpha value is -3.48. The summed E-state index contributed by atoms with van der Waals surface area (Å²) in [6.45, 7) is 1.62. The van der Waals surface area contributed by atoms with Crippen LogP contribution < -0.4 is 14.8 Å². The Morgan fingerprint density at radius 2 is 1.93 bits per heavy atom. The number of para-hydroxylation sites is 1. The average Bonchev–Trinajstić information content (AvgIpc) is 3.31. The summed E-state index contributed by atoms with van der Waals surface area (Å²) in [7, 11) is 0. The number of hydrogen-bond donors (Lipinski definition) is 1. The molecule has 4 rings (SSSR count). The maximum Gasteiger partial charge on any atom is 0.374 e. The van der Waals surface area contributed by atoms with Crippen LogP contribution in [0.1, 0.15) is 29.1 Å². The second-order valence-electron chi connectivity index (χ2n) is 6.13. The van der Waals surface area contributed by atoms with E-state index in [2.05, 4.69) is 5.32 Å². The Morgan fingerprint density at radius 3 is 2.78 bits per heavy atom. The van der Waals surface area contributed by atoms with Crippen molar-refractivity contribution >= 4 is 22.8 Å². The number of carbonyl (C=O) groups is 2. The molecule has 0 saturated heterocycles. The number of rotatable bonds is 5. The molecule has 2 heterocycles. The predicted molar refractivity (Wildman–Crippen MR) is 95.6 cm³/mol. The molecule has 3 aromatic rings. The Kier molecular flexibility index (Phi) is 4.42. The van der Waals surface area contributed by atoms with Crippen LogP contribution >= 0.6 is 0 Å². The van der Waals surface area contributed by atoms with E-state index >= 15 is 0 Å². The lowest BCUT2D eigenvalue weighted by atomic mass is 10.1. The summed E-state index contributed by atoms with van der Waals surface area (Å²) in [6.07, 6.45) is 0. The SMILES string of the molecule is CC(NC(=O)COC(=O)c1cc2ccccc2o1)c1ccc2c(c1)OCO2. The minimum Gasteiger partial charge on any atom is -0.454 e. The van der Waals surface area contributed by atoms with Gasteiger partial charge in [0.1, 0.15) is 5.58 Å². The minimum atomic E-state index is -0.683. The molecule has 2 aromatic carbocycles. The van der Waals surface area contributed by atoms with E-state index in [0.29, 0.717) is 17.1 Å². The Balaban J connectivity index is 1.33. The minimum absolute atomic E-state index is 0.0628. The van der Waals surface area contributed by atoms with Gasteiger partial charge in [0.2, 0.25) is 12.6 Å². The lowest BCUT2D eigenvalue weighted by Gasteiger charge is -2.14. The third kappa shape index (κ3) is 3.57. The molecule has 0 spiro atoms. The highest BCUT2D eigenvalue weighted by molar-refractivity contribution is 5.93. The quantitative estimate of drug-likeness (QED) is 0.697. The van der Waals surface area contributed by atoms with Crippen molar-refractivity contribution in [1.82, 2.24) is 5.32 Å². The largest absolute Gasteiger partial charge is 0.454 e. The van der Waals surface area contributed by atoms with Gasteiger partial charge in [-0.2, -0.15) is 0 Å². The fourth-order valence-corrected chi connectivity index (χ4v) is 2.83. The van der Waals surface area contributed by atoms with Crippen LogP contribution in [0.4, 0.5) is 0 Å². The predicted octanol–water partition coefficient (Wildman–Crippen LogP) is 3.20. The van der Waals surface area contributed by atoms with Crippen LogP contribution in [0.5, 0.6) is 11.5 Å². The van der Waals surface area contributed by atoms with Gasteiger partial charge in [0, 0.05) is 5.39 Å². The highest BCUT2D eigenvalue weighted by Gasteiger charge is 2.19. The van der Waals surface area contributed by atoms with Crippen LogP contribution in [0.25, 0.3) is 11.0 Å². The summed E-state index contributed by atoms with van der Waals surface area (Å²) in [4.78, 5) is 24.2. The number of fused-ring (bicyclic) bond motifs is 2. The highest BCUT2D eigenvalue weighted by Crippen LogP contribution is 2.34. The van der Waals surface area contributed by atoms with E-state index in [4.69, 9.17) is 18.6 Å². The second-order valence-corrected chi connectivity index (χ2v) is 6.13. The molecular weight excluding hydrogens is 350 g/mol. The van der Waals surface area contributed by atoms with Crippen molar-refractivity contribution < 1.29 is 28.2 Å². The van der Waals surface area contributed by atoms with E-state index in [9.17, 15) is 9.59 Å². The lowest BCUT2D eigenvalue weighted by Crippen LogP contribution is -2.31. The van der Waals surface area contributed by atoms with Gasteiger partial charge >= 0.3 is 5.97 Å². The molecule has 0 radical (unpaired) electrons. The molecule has 0 fully saturated rings. The molecule has 1 atom stereocenters. The summed E-state index contributed by atoms with van der Waals surface area (Å²) in [5, 5.41) is 3.57. The molecular formula is C20H17NO6. The van der Waals surface area contributed by atoms with E-state index in [-0.39, 0.29) is 18.6 Å². The van der Waals surface area contributed by atoms with Crippen molar-refractivity contribution in [2.75, 3.05) is 13.4 Å². The van der Waals surface area contributed by atoms with Crippen molar-refractivity contribution in [3.63, 3.8) is 0 Å². The number of esters is 1. The highest BCUT2D eigenvalue weighted by atomic mass is 16.7. The maximum absolute atomic E-state index is 12.1. The van der Waals surface area contributed by atoms with Crippen LogP contribution in [-0.4, -0.2) is 25.3 Å². The maximum atomic E-state index is 12.1. The Bertz CT molecular complexity index is 976. The zero-order valence-corrected chi connectivity index (χ0v) is 14.6. The summed E-state index contributed by atoms with van der Waals surface area (Å²) in [6, 6.07) is 14.0. The summed E-state index contributed by atoms with van der Waals surface area (Å²) >= 11 is 0. The number of nitrogens with one attached hydrogen (secondary N) is 1. The fraction of sp³-hybridized carbons (Fsp3) is 0.200. The molecule has 7 nitrogen and oxygen atoms in total. The summed E-state index contributed by atoms with van der Waals surface area (Å²) in [5.41, 5.74) is 1.45. The molecule has 1 aliphatic rings. The van der Waals surface area contributed by atoms with Crippen molar-refractivity contribution in [3.8, 4) is 11.5 Å². The van der Waals surface area contributed by atoms with Crippen molar-refractivity contribution in [2.45, 2.75) is 13.0 Å². The van der Waals surface area contributed by atoms with Gasteiger partial charge in [-0.15, -0.1) is 0 Å².